The van der Waals surface area contributed by atoms with Crippen molar-refractivity contribution in [2.24, 2.45) is 0 Å². The molecule has 0 atom stereocenters. The molecule has 0 saturated carbocycles. The van der Waals surface area contributed by atoms with Crippen LogP contribution < -0.4 is 4.74 Å². The number of hydrogen-bond donors (Lipinski definition) is 1. The van der Waals surface area contributed by atoms with Crippen LogP contribution in [0.2, 0.25) is 0 Å². The number of allylic oxidation sites excluding steroid dienone is 1. The number of hydrogen-bond acceptors (Lipinski definition) is 2. The molecule has 0 saturated heterocycles. The maximum Gasteiger partial charge on any atom is 0.407 e. The quantitative estimate of drug-likeness (QED) is 0.923. The Morgan fingerprint density at radius 3 is 2.73 bits per heavy atom. The lowest BCUT2D eigenvalue weighted by atomic mass is 9.81. The number of fused-ring (bicyclic) bond motifs is 1. The predicted octanol–water partition coefficient (Wildman–Crippen LogP) is 3.84. The topological polar surface area (TPSA) is 49.8 Å². The van der Waals surface area contributed by atoms with Crippen molar-refractivity contribution in [2.45, 2.75) is 32.7 Å². The Kier molecular flexibility index (Phi) is 4.44. The first-order valence-corrected chi connectivity index (χ1v) is 7.27. The fraction of sp³-hybridized carbons (Fsp3) is 0.471. The summed E-state index contributed by atoms with van der Waals surface area (Å²) in [4.78, 5) is 12.6. The van der Waals surface area contributed by atoms with E-state index >= 15 is 0 Å². The van der Waals surface area contributed by atoms with E-state index in [1.807, 2.05) is 19.1 Å². The van der Waals surface area contributed by atoms with Gasteiger partial charge in [-0.3, -0.25) is 4.39 Å². The minimum absolute atomic E-state index is 0.199. The highest BCUT2D eigenvalue weighted by atomic mass is 19.1. The standard InChI is InChI=1S/C17H22FNO3/c1-11(2)12-5-6-14(17(3,4)10-18)13-9-19(16(20)21)7-8-22-15(12)13/h5-6H,1,7-10H2,2-4H3,(H,20,21). The summed E-state index contributed by atoms with van der Waals surface area (Å²) in [6.45, 7) is 9.66. The summed E-state index contributed by atoms with van der Waals surface area (Å²) < 4.78 is 19.3. The van der Waals surface area contributed by atoms with Gasteiger partial charge in [0.15, 0.2) is 0 Å². The first-order valence-electron chi connectivity index (χ1n) is 7.27. The van der Waals surface area contributed by atoms with Crippen LogP contribution in [0, 0.1) is 0 Å². The van der Waals surface area contributed by atoms with Crippen molar-refractivity contribution >= 4 is 11.7 Å². The van der Waals surface area contributed by atoms with E-state index in [0.717, 1.165) is 22.3 Å². The Hall–Kier alpha value is -2.04. The van der Waals surface area contributed by atoms with Crippen LogP contribution in [0.3, 0.4) is 0 Å². The molecule has 22 heavy (non-hydrogen) atoms. The lowest BCUT2D eigenvalue weighted by Crippen LogP contribution is -2.32. The van der Waals surface area contributed by atoms with Crippen molar-refractivity contribution in [1.29, 1.82) is 0 Å². The van der Waals surface area contributed by atoms with Crippen LogP contribution in [-0.2, 0) is 12.0 Å². The van der Waals surface area contributed by atoms with Crippen LogP contribution in [0.4, 0.5) is 9.18 Å². The molecule has 1 aliphatic rings. The molecule has 4 nitrogen and oxygen atoms in total. The van der Waals surface area contributed by atoms with Crippen LogP contribution in [0.25, 0.3) is 5.57 Å². The summed E-state index contributed by atoms with van der Waals surface area (Å²) in [5.41, 5.74) is 2.51. The number of halogens is 1. The lowest BCUT2D eigenvalue weighted by Gasteiger charge is -2.27. The van der Waals surface area contributed by atoms with Crippen molar-refractivity contribution in [3.8, 4) is 5.75 Å². The van der Waals surface area contributed by atoms with E-state index in [0.29, 0.717) is 5.75 Å². The molecule has 0 fully saturated rings. The van der Waals surface area contributed by atoms with Crippen LogP contribution >= 0.6 is 0 Å². The van der Waals surface area contributed by atoms with Gasteiger partial charge in [0.2, 0.25) is 0 Å². The van der Waals surface area contributed by atoms with Gasteiger partial charge in [-0.25, -0.2) is 4.79 Å². The molecule has 1 N–H and O–H groups in total. The molecule has 1 aromatic rings. The van der Waals surface area contributed by atoms with Crippen molar-refractivity contribution in [2.75, 3.05) is 19.8 Å². The second-order valence-corrected chi connectivity index (χ2v) is 6.32. The normalized spacial score (nSPS) is 14.8. The van der Waals surface area contributed by atoms with E-state index < -0.39 is 18.2 Å². The third kappa shape index (κ3) is 2.93. The lowest BCUT2D eigenvalue weighted by molar-refractivity contribution is 0.137. The van der Waals surface area contributed by atoms with Gasteiger partial charge >= 0.3 is 6.09 Å². The molecule has 0 radical (unpaired) electrons. The molecule has 2 rings (SSSR count). The second kappa shape index (κ2) is 5.99. The Balaban J connectivity index is 2.65. The maximum atomic E-state index is 13.5. The van der Waals surface area contributed by atoms with E-state index in [9.17, 15) is 14.3 Å². The maximum absolute atomic E-state index is 13.5. The number of rotatable bonds is 3. The second-order valence-electron chi connectivity index (χ2n) is 6.32. The van der Waals surface area contributed by atoms with Crippen LogP contribution in [0.15, 0.2) is 18.7 Å². The van der Waals surface area contributed by atoms with Crippen LogP contribution in [-0.4, -0.2) is 35.9 Å². The summed E-state index contributed by atoms with van der Waals surface area (Å²) in [6, 6.07) is 3.74. The fourth-order valence-corrected chi connectivity index (χ4v) is 2.68. The Labute approximate surface area is 130 Å². The molecule has 0 aliphatic carbocycles. The zero-order valence-corrected chi connectivity index (χ0v) is 13.3. The first-order chi connectivity index (χ1) is 10.3. The molecule has 1 aliphatic heterocycles. The molecule has 0 aromatic heterocycles. The van der Waals surface area contributed by atoms with Gasteiger partial charge < -0.3 is 14.7 Å². The molecule has 1 heterocycles. The number of ether oxygens (including phenoxy) is 1. The van der Waals surface area contributed by atoms with Gasteiger partial charge in [-0.15, -0.1) is 0 Å². The monoisotopic (exact) mass is 307 g/mol. The van der Waals surface area contributed by atoms with Gasteiger partial charge in [0, 0.05) is 16.5 Å². The van der Waals surface area contributed by atoms with E-state index in [4.69, 9.17) is 4.74 Å². The van der Waals surface area contributed by atoms with E-state index in [2.05, 4.69) is 6.58 Å². The average molecular weight is 307 g/mol. The van der Waals surface area contributed by atoms with Gasteiger partial charge in [0.1, 0.15) is 12.4 Å². The molecule has 1 aromatic carbocycles. The van der Waals surface area contributed by atoms with Crippen LogP contribution in [0.5, 0.6) is 5.75 Å². The summed E-state index contributed by atoms with van der Waals surface area (Å²) in [6.07, 6.45) is -0.999. The highest BCUT2D eigenvalue weighted by Gasteiger charge is 2.30. The van der Waals surface area contributed by atoms with E-state index in [-0.39, 0.29) is 19.7 Å². The summed E-state index contributed by atoms with van der Waals surface area (Å²) >= 11 is 0. The van der Waals surface area contributed by atoms with Gasteiger partial charge in [0.05, 0.1) is 19.8 Å². The minimum atomic E-state index is -0.999. The van der Waals surface area contributed by atoms with Crippen molar-refractivity contribution in [3.05, 3.63) is 35.4 Å². The van der Waals surface area contributed by atoms with Gasteiger partial charge in [-0.1, -0.05) is 32.6 Å². The van der Waals surface area contributed by atoms with Gasteiger partial charge in [-0.2, -0.15) is 0 Å². The van der Waals surface area contributed by atoms with Crippen molar-refractivity contribution in [1.82, 2.24) is 4.90 Å². The molecule has 120 valence electrons. The largest absolute Gasteiger partial charge is 0.491 e. The Morgan fingerprint density at radius 1 is 1.50 bits per heavy atom. The zero-order chi connectivity index (χ0) is 16.5. The minimum Gasteiger partial charge on any atom is -0.491 e. The number of amides is 1. The fourth-order valence-electron chi connectivity index (χ4n) is 2.68. The number of benzene rings is 1. The van der Waals surface area contributed by atoms with Gasteiger partial charge in [-0.05, 0) is 18.1 Å². The van der Waals surface area contributed by atoms with E-state index in [1.165, 1.54) is 4.90 Å². The smallest absolute Gasteiger partial charge is 0.407 e. The Morgan fingerprint density at radius 2 is 2.18 bits per heavy atom. The molecule has 0 bridgehead atoms. The molecule has 0 spiro atoms. The highest BCUT2D eigenvalue weighted by molar-refractivity contribution is 5.71. The molecular weight excluding hydrogens is 285 g/mol. The molecular formula is C17H22FNO3. The van der Waals surface area contributed by atoms with Crippen molar-refractivity contribution < 1.29 is 19.0 Å². The molecule has 5 heteroatoms. The van der Waals surface area contributed by atoms with E-state index in [1.54, 1.807) is 13.8 Å². The average Bonchev–Trinajstić information content (AvgIpc) is 2.68. The number of nitrogens with zero attached hydrogens (tertiary/aromatic N) is 1. The zero-order valence-electron chi connectivity index (χ0n) is 13.3. The predicted molar refractivity (Wildman–Crippen MR) is 84.1 cm³/mol. The SMILES string of the molecule is C=C(C)c1ccc(C(C)(C)CF)c2c1OCCN(C(=O)O)C2. The summed E-state index contributed by atoms with van der Waals surface area (Å²) in [5.74, 6) is 0.635. The first kappa shape index (κ1) is 16.3. The molecule has 1 amide bonds. The number of alkyl halides is 1. The summed E-state index contributed by atoms with van der Waals surface area (Å²) in [5, 5.41) is 9.30. The number of carboxylic acid groups (broad SMARTS) is 1. The molecule has 0 unspecified atom stereocenters. The third-order valence-electron chi connectivity index (χ3n) is 4.01. The number of carbonyl (C=O) groups is 1. The third-order valence-corrected chi connectivity index (χ3v) is 4.01. The van der Waals surface area contributed by atoms with Gasteiger partial charge in [0.25, 0.3) is 0 Å². The van der Waals surface area contributed by atoms with Crippen molar-refractivity contribution in [3.63, 3.8) is 0 Å². The Bertz CT molecular complexity index is 610. The van der Waals surface area contributed by atoms with Crippen LogP contribution in [0.1, 0.15) is 37.5 Å². The summed E-state index contributed by atoms with van der Waals surface area (Å²) in [7, 11) is 0. The highest BCUT2D eigenvalue weighted by Crippen LogP contribution is 2.39.